The smallest absolute Gasteiger partial charge is 0.253 e. The molecule has 1 aliphatic rings. The summed E-state index contributed by atoms with van der Waals surface area (Å²) in [4.78, 5) is 29.4. The predicted octanol–water partition coefficient (Wildman–Crippen LogP) is 4.66. The highest BCUT2D eigenvalue weighted by Gasteiger charge is 2.22. The number of halogens is 2. The largest absolute Gasteiger partial charge is 0.368 e. The molecule has 1 N–H and O–H groups in total. The maximum absolute atomic E-state index is 12.7. The van der Waals surface area contributed by atoms with Crippen molar-refractivity contribution in [1.82, 2.24) is 25.1 Å². The number of rotatable bonds is 7. The lowest BCUT2D eigenvalue weighted by atomic mass is 10.1. The van der Waals surface area contributed by atoms with E-state index in [4.69, 9.17) is 23.2 Å². The molecule has 0 spiro atoms. The Morgan fingerprint density at radius 1 is 0.816 bits per heavy atom. The number of anilines is 2. The summed E-state index contributed by atoms with van der Waals surface area (Å²) in [5, 5.41) is 16.4. The van der Waals surface area contributed by atoms with Crippen molar-refractivity contribution in [3.8, 4) is 5.69 Å². The SMILES string of the molecule is O=C(CSc1nnnn1-c1ccc(Cl)cc1)Nc1ccc(N2CCN(C(=O)c3ccc(Cl)cc3)CC2)cc1. The van der Waals surface area contributed by atoms with Gasteiger partial charge >= 0.3 is 0 Å². The Kier molecular flexibility index (Phi) is 8.11. The quantitative estimate of drug-likeness (QED) is 0.324. The molecule has 1 saturated heterocycles. The lowest BCUT2D eigenvalue weighted by molar-refractivity contribution is -0.113. The minimum absolute atomic E-state index is 0.0134. The maximum atomic E-state index is 12.7. The van der Waals surface area contributed by atoms with E-state index in [-0.39, 0.29) is 17.6 Å². The number of nitrogens with zero attached hydrogens (tertiary/aromatic N) is 6. The van der Waals surface area contributed by atoms with Gasteiger partial charge in [0.15, 0.2) is 0 Å². The molecule has 0 unspecified atom stereocenters. The number of carbonyl (C=O) groups excluding carboxylic acids is 2. The second kappa shape index (κ2) is 11.8. The number of hydrogen-bond acceptors (Lipinski definition) is 7. The fraction of sp³-hybridized carbons (Fsp3) is 0.192. The minimum Gasteiger partial charge on any atom is -0.368 e. The number of amides is 2. The van der Waals surface area contributed by atoms with Crippen LogP contribution in [0.5, 0.6) is 0 Å². The lowest BCUT2D eigenvalue weighted by Crippen LogP contribution is -2.48. The maximum Gasteiger partial charge on any atom is 0.253 e. The molecule has 2 amide bonds. The van der Waals surface area contributed by atoms with Crippen LogP contribution < -0.4 is 10.2 Å². The normalized spacial score (nSPS) is 13.4. The van der Waals surface area contributed by atoms with Crippen LogP contribution in [0.4, 0.5) is 11.4 Å². The molecule has 0 atom stereocenters. The van der Waals surface area contributed by atoms with Gasteiger partial charge in [-0.1, -0.05) is 35.0 Å². The van der Waals surface area contributed by atoms with Gasteiger partial charge in [0, 0.05) is 53.2 Å². The molecule has 1 aromatic heterocycles. The summed E-state index contributed by atoms with van der Waals surface area (Å²) in [6.45, 7) is 2.72. The molecule has 0 radical (unpaired) electrons. The van der Waals surface area contributed by atoms with Gasteiger partial charge in [0.2, 0.25) is 11.1 Å². The van der Waals surface area contributed by atoms with Crippen molar-refractivity contribution in [3.63, 3.8) is 0 Å². The first kappa shape index (κ1) is 26.0. The van der Waals surface area contributed by atoms with Gasteiger partial charge in [0.25, 0.3) is 5.91 Å². The highest BCUT2D eigenvalue weighted by molar-refractivity contribution is 7.99. The monoisotopic (exact) mass is 567 g/mol. The van der Waals surface area contributed by atoms with E-state index in [0.717, 1.165) is 24.5 Å². The molecule has 0 saturated carbocycles. The van der Waals surface area contributed by atoms with Crippen molar-refractivity contribution in [2.75, 3.05) is 42.1 Å². The zero-order chi connectivity index (χ0) is 26.5. The van der Waals surface area contributed by atoms with Gasteiger partial charge in [-0.15, -0.1) is 5.10 Å². The van der Waals surface area contributed by atoms with E-state index in [2.05, 4.69) is 25.7 Å². The predicted molar refractivity (Wildman–Crippen MR) is 150 cm³/mol. The van der Waals surface area contributed by atoms with E-state index in [1.54, 1.807) is 41.1 Å². The van der Waals surface area contributed by atoms with Crippen molar-refractivity contribution in [2.45, 2.75) is 5.16 Å². The summed E-state index contributed by atoms with van der Waals surface area (Å²) in [6, 6.07) is 21.8. The molecule has 0 bridgehead atoms. The van der Waals surface area contributed by atoms with Gasteiger partial charge in [-0.05, 0) is 83.2 Å². The fourth-order valence-corrected chi connectivity index (χ4v) is 4.98. The fourth-order valence-electron chi connectivity index (χ4n) is 4.04. The van der Waals surface area contributed by atoms with Gasteiger partial charge in [-0.3, -0.25) is 9.59 Å². The topological polar surface area (TPSA) is 96.2 Å². The summed E-state index contributed by atoms with van der Waals surface area (Å²) < 4.78 is 1.56. The van der Waals surface area contributed by atoms with Crippen molar-refractivity contribution in [1.29, 1.82) is 0 Å². The Morgan fingerprint density at radius 3 is 2.08 bits per heavy atom. The van der Waals surface area contributed by atoms with Crippen LogP contribution in [0.15, 0.2) is 78.0 Å². The molecule has 1 aliphatic heterocycles. The Balaban J connectivity index is 1.11. The van der Waals surface area contributed by atoms with Crippen molar-refractivity contribution in [3.05, 3.63) is 88.4 Å². The first-order valence-electron chi connectivity index (χ1n) is 11.8. The van der Waals surface area contributed by atoms with E-state index >= 15 is 0 Å². The molecule has 5 rings (SSSR count). The van der Waals surface area contributed by atoms with Crippen LogP contribution in [0.25, 0.3) is 5.69 Å². The molecule has 9 nitrogen and oxygen atoms in total. The molecule has 1 fully saturated rings. The van der Waals surface area contributed by atoms with Gasteiger partial charge in [-0.2, -0.15) is 4.68 Å². The van der Waals surface area contributed by atoms with E-state index in [9.17, 15) is 9.59 Å². The highest BCUT2D eigenvalue weighted by atomic mass is 35.5. The zero-order valence-electron chi connectivity index (χ0n) is 20.1. The van der Waals surface area contributed by atoms with Crippen molar-refractivity contribution in [2.24, 2.45) is 0 Å². The number of aromatic nitrogens is 4. The summed E-state index contributed by atoms with van der Waals surface area (Å²) in [5.74, 6) is 0.00134. The Bertz CT molecular complexity index is 1410. The summed E-state index contributed by atoms with van der Waals surface area (Å²) in [6.07, 6.45) is 0. The second-order valence-corrected chi connectivity index (χ2v) is 10.3. The summed E-state index contributed by atoms with van der Waals surface area (Å²) in [7, 11) is 0. The van der Waals surface area contributed by atoms with Crippen LogP contribution in [0.1, 0.15) is 10.4 Å². The molecule has 38 heavy (non-hydrogen) atoms. The van der Waals surface area contributed by atoms with E-state index in [0.29, 0.717) is 39.5 Å². The van der Waals surface area contributed by atoms with Crippen LogP contribution in [0.3, 0.4) is 0 Å². The molecule has 4 aromatic rings. The lowest BCUT2D eigenvalue weighted by Gasteiger charge is -2.36. The Hall–Kier alpha value is -3.60. The van der Waals surface area contributed by atoms with Crippen LogP contribution in [-0.2, 0) is 4.79 Å². The molecular weight excluding hydrogens is 545 g/mol. The van der Waals surface area contributed by atoms with Gasteiger partial charge < -0.3 is 15.1 Å². The summed E-state index contributed by atoms with van der Waals surface area (Å²) >= 11 is 13.1. The average Bonchev–Trinajstić information content (AvgIpc) is 3.42. The van der Waals surface area contributed by atoms with Gasteiger partial charge in [0.1, 0.15) is 0 Å². The van der Waals surface area contributed by atoms with Crippen molar-refractivity contribution >= 4 is 58.2 Å². The van der Waals surface area contributed by atoms with Crippen LogP contribution in [0.2, 0.25) is 10.0 Å². The molecular formula is C26H23Cl2N7O2S. The standard InChI is InChI=1S/C26H23Cl2N7O2S/c27-19-3-1-18(2-4-19)25(37)34-15-13-33(14-16-34)22-11-7-21(8-12-22)29-24(36)17-38-26-30-31-32-35(26)23-9-5-20(28)6-10-23/h1-12H,13-17H2,(H,29,36). The van der Waals surface area contributed by atoms with E-state index < -0.39 is 0 Å². The number of piperazine rings is 1. The van der Waals surface area contributed by atoms with Crippen LogP contribution >= 0.6 is 35.0 Å². The first-order chi connectivity index (χ1) is 18.5. The van der Waals surface area contributed by atoms with Gasteiger partial charge in [0.05, 0.1) is 11.4 Å². The minimum atomic E-state index is -0.164. The first-order valence-corrected chi connectivity index (χ1v) is 13.6. The van der Waals surface area contributed by atoms with Crippen molar-refractivity contribution < 1.29 is 9.59 Å². The third-order valence-electron chi connectivity index (χ3n) is 6.02. The molecule has 3 aromatic carbocycles. The molecule has 194 valence electrons. The zero-order valence-corrected chi connectivity index (χ0v) is 22.5. The summed E-state index contributed by atoms with van der Waals surface area (Å²) in [5.41, 5.74) is 3.14. The van der Waals surface area contributed by atoms with E-state index in [1.807, 2.05) is 41.3 Å². The number of thioether (sulfide) groups is 1. The Morgan fingerprint density at radius 2 is 1.42 bits per heavy atom. The van der Waals surface area contributed by atoms with Gasteiger partial charge in [-0.25, -0.2) is 0 Å². The molecule has 2 heterocycles. The molecule has 12 heteroatoms. The second-order valence-electron chi connectivity index (χ2n) is 8.52. The number of hydrogen-bond donors (Lipinski definition) is 1. The van der Waals surface area contributed by atoms with Crippen LogP contribution in [-0.4, -0.2) is 68.9 Å². The van der Waals surface area contributed by atoms with E-state index in [1.165, 1.54) is 11.8 Å². The number of tetrazole rings is 1. The number of carbonyl (C=O) groups is 2. The Labute approximate surface area is 233 Å². The third kappa shape index (κ3) is 6.27. The number of benzene rings is 3. The van der Waals surface area contributed by atoms with Crippen LogP contribution in [0, 0.1) is 0 Å². The number of nitrogens with one attached hydrogen (secondary N) is 1. The average molecular weight is 568 g/mol. The highest BCUT2D eigenvalue weighted by Crippen LogP contribution is 2.23. The molecule has 0 aliphatic carbocycles. The third-order valence-corrected chi connectivity index (χ3v) is 7.44.